The molecule has 0 amide bonds. The maximum absolute atomic E-state index is 11.1. The van der Waals surface area contributed by atoms with Crippen LogP contribution in [0.15, 0.2) is 28.8 Å². The van der Waals surface area contributed by atoms with Crippen molar-refractivity contribution in [1.29, 1.82) is 0 Å². The minimum Gasteiger partial charge on any atom is -0.334 e. The number of halogens is 1. The van der Waals surface area contributed by atoms with E-state index in [4.69, 9.17) is 16.1 Å². The van der Waals surface area contributed by atoms with Gasteiger partial charge in [-0.2, -0.15) is 4.98 Å². The number of nitrogens with zero attached hydrogens (tertiary/aromatic N) is 2. The standard InChI is InChI=1S/C10H9ClN2O3S/c1-17(14,15)6-9-12-10(16-13-9)7-4-2-3-5-8(7)11/h2-5H,6H2,1H3. The molecule has 0 radical (unpaired) electrons. The quantitative estimate of drug-likeness (QED) is 0.854. The molecule has 90 valence electrons. The first kappa shape index (κ1) is 12.1. The molecule has 2 rings (SSSR count). The third kappa shape index (κ3) is 3.04. The van der Waals surface area contributed by atoms with Gasteiger partial charge in [0, 0.05) is 6.26 Å². The summed E-state index contributed by atoms with van der Waals surface area (Å²) in [7, 11) is -3.17. The number of aromatic nitrogens is 2. The van der Waals surface area contributed by atoms with Crippen LogP contribution in [-0.2, 0) is 15.6 Å². The van der Waals surface area contributed by atoms with Crippen molar-refractivity contribution in [2.24, 2.45) is 0 Å². The minimum atomic E-state index is -3.17. The van der Waals surface area contributed by atoms with Gasteiger partial charge < -0.3 is 4.52 Å². The van der Waals surface area contributed by atoms with E-state index in [-0.39, 0.29) is 17.5 Å². The highest BCUT2D eigenvalue weighted by atomic mass is 35.5. The lowest BCUT2D eigenvalue weighted by molar-refractivity contribution is 0.424. The molecule has 0 atom stereocenters. The molecule has 0 N–H and O–H groups in total. The van der Waals surface area contributed by atoms with Gasteiger partial charge in [-0.3, -0.25) is 0 Å². The molecular formula is C10H9ClN2O3S. The van der Waals surface area contributed by atoms with Crippen molar-refractivity contribution < 1.29 is 12.9 Å². The van der Waals surface area contributed by atoms with Gasteiger partial charge in [0.25, 0.3) is 5.89 Å². The van der Waals surface area contributed by atoms with Crippen LogP contribution in [0.2, 0.25) is 5.02 Å². The highest BCUT2D eigenvalue weighted by Crippen LogP contribution is 2.25. The molecular weight excluding hydrogens is 264 g/mol. The second kappa shape index (κ2) is 4.46. The van der Waals surface area contributed by atoms with Crippen LogP contribution < -0.4 is 0 Å². The SMILES string of the molecule is CS(=O)(=O)Cc1noc(-c2ccccc2Cl)n1. The lowest BCUT2D eigenvalue weighted by atomic mass is 10.2. The Balaban J connectivity index is 2.34. The van der Waals surface area contributed by atoms with Crippen LogP contribution >= 0.6 is 11.6 Å². The van der Waals surface area contributed by atoms with Crippen LogP contribution in [0.1, 0.15) is 5.82 Å². The third-order valence-electron chi connectivity index (χ3n) is 1.96. The van der Waals surface area contributed by atoms with Crippen molar-refractivity contribution in [2.75, 3.05) is 6.26 Å². The van der Waals surface area contributed by atoms with E-state index >= 15 is 0 Å². The van der Waals surface area contributed by atoms with Crippen LogP contribution in [0.3, 0.4) is 0 Å². The Morgan fingerprint density at radius 1 is 1.35 bits per heavy atom. The van der Waals surface area contributed by atoms with Crippen LogP contribution in [0, 0.1) is 0 Å². The summed E-state index contributed by atoms with van der Waals surface area (Å²) >= 11 is 5.96. The monoisotopic (exact) mass is 272 g/mol. The van der Waals surface area contributed by atoms with Crippen LogP contribution in [-0.4, -0.2) is 24.8 Å². The van der Waals surface area contributed by atoms with E-state index in [1.54, 1.807) is 24.3 Å². The molecule has 1 aromatic heterocycles. The number of hydrogen-bond donors (Lipinski definition) is 0. The van der Waals surface area contributed by atoms with Crippen LogP contribution in [0.25, 0.3) is 11.5 Å². The van der Waals surface area contributed by atoms with Gasteiger partial charge in [0.2, 0.25) is 0 Å². The minimum absolute atomic E-state index is 0.127. The number of rotatable bonds is 3. The fourth-order valence-corrected chi connectivity index (χ4v) is 2.09. The molecule has 0 aliphatic heterocycles. The van der Waals surface area contributed by atoms with Gasteiger partial charge in [0.15, 0.2) is 15.7 Å². The van der Waals surface area contributed by atoms with Gasteiger partial charge in [-0.25, -0.2) is 8.42 Å². The lowest BCUT2D eigenvalue weighted by Crippen LogP contribution is -2.02. The topological polar surface area (TPSA) is 73.1 Å². The Morgan fingerprint density at radius 3 is 2.71 bits per heavy atom. The highest BCUT2D eigenvalue weighted by molar-refractivity contribution is 7.89. The van der Waals surface area contributed by atoms with E-state index in [2.05, 4.69) is 10.1 Å². The molecule has 0 aliphatic carbocycles. The van der Waals surface area contributed by atoms with Gasteiger partial charge in [-0.15, -0.1) is 0 Å². The van der Waals surface area contributed by atoms with Gasteiger partial charge >= 0.3 is 0 Å². The van der Waals surface area contributed by atoms with E-state index in [1.165, 1.54) is 0 Å². The summed E-state index contributed by atoms with van der Waals surface area (Å²) in [6.07, 6.45) is 1.11. The summed E-state index contributed by atoms with van der Waals surface area (Å²) in [4.78, 5) is 3.99. The van der Waals surface area contributed by atoms with Crippen molar-refractivity contribution in [2.45, 2.75) is 5.75 Å². The summed E-state index contributed by atoms with van der Waals surface area (Å²) in [6, 6.07) is 6.97. The third-order valence-corrected chi connectivity index (χ3v) is 3.08. The van der Waals surface area contributed by atoms with Gasteiger partial charge in [0.05, 0.1) is 10.6 Å². The van der Waals surface area contributed by atoms with Gasteiger partial charge in [-0.1, -0.05) is 28.9 Å². The predicted molar refractivity (Wildman–Crippen MR) is 63.3 cm³/mol. The van der Waals surface area contributed by atoms with Crippen molar-refractivity contribution in [3.8, 4) is 11.5 Å². The van der Waals surface area contributed by atoms with E-state index < -0.39 is 9.84 Å². The molecule has 1 heterocycles. The summed E-state index contributed by atoms with van der Waals surface area (Å²) in [5, 5.41) is 4.07. The summed E-state index contributed by atoms with van der Waals surface area (Å²) < 4.78 is 27.1. The molecule has 0 saturated carbocycles. The first-order chi connectivity index (χ1) is 7.96. The molecule has 1 aromatic carbocycles. The predicted octanol–water partition coefficient (Wildman–Crippen LogP) is 1.93. The van der Waals surface area contributed by atoms with E-state index in [0.717, 1.165) is 6.26 Å². The molecule has 0 saturated heterocycles. The molecule has 0 spiro atoms. The van der Waals surface area contributed by atoms with Crippen LogP contribution in [0.4, 0.5) is 0 Å². The molecule has 0 fully saturated rings. The Morgan fingerprint density at radius 2 is 2.06 bits per heavy atom. The Kier molecular flexibility index (Phi) is 3.17. The fraction of sp³-hybridized carbons (Fsp3) is 0.200. The first-order valence-electron chi connectivity index (χ1n) is 4.71. The zero-order valence-corrected chi connectivity index (χ0v) is 10.5. The number of hydrogen-bond acceptors (Lipinski definition) is 5. The Labute approximate surface area is 103 Å². The second-order valence-corrected chi connectivity index (χ2v) is 6.11. The Hall–Kier alpha value is -1.40. The maximum Gasteiger partial charge on any atom is 0.259 e. The normalized spacial score (nSPS) is 11.6. The molecule has 2 aromatic rings. The van der Waals surface area contributed by atoms with E-state index in [0.29, 0.717) is 10.6 Å². The molecule has 5 nitrogen and oxygen atoms in total. The van der Waals surface area contributed by atoms with Crippen molar-refractivity contribution in [3.63, 3.8) is 0 Å². The largest absolute Gasteiger partial charge is 0.334 e. The first-order valence-corrected chi connectivity index (χ1v) is 7.15. The summed E-state index contributed by atoms with van der Waals surface area (Å²) in [5.74, 6) is 0.0951. The summed E-state index contributed by atoms with van der Waals surface area (Å²) in [5.41, 5.74) is 0.585. The zero-order chi connectivity index (χ0) is 12.5. The maximum atomic E-state index is 11.1. The molecule has 0 aliphatic rings. The Bertz CT molecular complexity index is 637. The lowest BCUT2D eigenvalue weighted by Gasteiger charge is -1.95. The second-order valence-electron chi connectivity index (χ2n) is 3.57. The van der Waals surface area contributed by atoms with Crippen molar-refractivity contribution in [3.05, 3.63) is 35.1 Å². The fourth-order valence-electron chi connectivity index (χ4n) is 1.29. The molecule has 7 heteroatoms. The molecule has 0 bridgehead atoms. The van der Waals surface area contributed by atoms with Gasteiger partial charge in [-0.05, 0) is 12.1 Å². The van der Waals surface area contributed by atoms with Crippen molar-refractivity contribution >= 4 is 21.4 Å². The zero-order valence-electron chi connectivity index (χ0n) is 8.92. The van der Waals surface area contributed by atoms with E-state index in [9.17, 15) is 8.42 Å². The van der Waals surface area contributed by atoms with Gasteiger partial charge in [0.1, 0.15) is 5.75 Å². The molecule has 17 heavy (non-hydrogen) atoms. The van der Waals surface area contributed by atoms with Crippen LogP contribution in [0.5, 0.6) is 0 Å². The average molecular weight is 273 g/mol. The highest BCUT2D eigenvalue weighted by Gasteiger charge is 2.14. The smallest absolute Gasteiger partial charge is 0.259 e. The number of benzene rings is 1. The summed E-state index contributed by atoms with van der Waals surface area (Å²) in [6.45, 7) is 0. The van der Waals surface area contributed by atoms with Crippen molar-refractivity contribution in [1.82, 2.24) is 10.1 Å². The number of sulfone groups is 1. The van der Waals surface area contributed by atoms with E-state index in [1.807, 2.05) is 0 Å². The molecule has 0 unspecified atom stereocenters. The average Bonchev–Trinajstić information content (AvgIpc) is 2.64.